The van der Waals surface area contributed by atoms with Gasteiger partial charge in [-0.15, -0.1) is 0 Å². The van der Waals surface area contributed by atoms with Gasteiger partial charge in [-0.05, 0) is 37.0 Å². The third kappa shape index (κ3) is 2.08. The van der Waals surface area contributed by atoms with Crippen LogP contribution < -0.4 is 4.74 Å². The fourth-order valence-corrected chi connectivity index (χ4v) is 2.44. The van der Waals surface area contributed by atoms with Crippen molar-refractivity contribution >= 4 is 5.78 Å². The van der Waals surface area contributed by atoms with Gasteiger partial charge in [0.1, 0.15) is 5.41 Å². The SMILES string of the molecule is COc1ccc(CC2(C#N)CCCC2=O)cc1F. The number of hydrogen-bond acceptors (Lipinski definition) is 3. The minimum absolute atomic E-state index is 0.0266. The normalized spacial score (nSPS) is 22.8. The van der Waals surface area contributed by atoms with E-state index in [4.69, 9.17) is 4.74 Å². The summed E-state index contributed by atoms with van der Waals surface area (Å²) >= 11 is 0. The predicted octanol–water partition coefficient (Wildman–Crippen LogP) is 2.64. The van der Waals surface area contributed by atoms with Crippen molar-refractivity contribution in [2.45, 2.75) is 25.7 Å². The second-order valence-electron chi connectivity index (χ2n) is 4.62. The second kappa shape index (κ2) is 4.77. The Morgan fingerprint density at radius 1 is 1.56 bits per heavy atom. The van der Waals surface area contributed by atoms with Crippen LogP contribution in [0.2, 0.25) is 0 Å². The van der Waals surface area contributed by atoms with E-state index in [9.17, 15) is 14.4 Å². The molecule has 1 fully saturated rings. The first-order valence-corrected chi connectivity index (χ1v) is 5.88. The van der Waals surface area contributed by atoms with E-state index in [0.717, 1.165) is 6.42 Å². The zero-order valence-electron chi connectivity index (χ0n) is 10.2. The third-order valence-corrected chi connectivity index (χ3v) is 3.48. The number of halogens is 1. The summed E-state index contributed by atoms with van der Waals surface area (Å²) in [6.07, 6.45) is 2.04. The molecule has 1 aliphatic rings. The van der Waals surface area contributed by atoms with E-state index in [1.807, 2.05) is 0 Å². The molecule has 1 saturated carbocycles. The van der Waals surface area contributed by atoms with Gasteiger partial charge in [0.25, 0.3) is 0 Å². The number of methoxy groups -OCH3 is 1. The number of benzene rings is 1. The maximum Gasteiger partial charge on any atom is 0.165 e. The largest absolute Gasteiger partial charge is 0.494 e. The van der Waals surface area contributed by atoms with E-state index in [-0.39, 0.29) is 18.0 Å². The molecule has 0 bridgehead atoms. The van der Waals surface area contributed by atoms with Crippen LogP contribution >= 0.6 is 0 Å². The molecule has 1 atom stereocenters. The maximum absolute atomic E-state index is 13.6. The number of ketones is 1. The van der Waals surface area contributed by atoms with Crippen molar-refractivity contribution in [3.05, 3.63) is 29.6 Å². The summed E-state index contributed by atoms with van der Waals surface area (Å²) in [5, 5.41) is 9.23. The van der Waals surface area contributed by atoms with Gasteiger partial charge in [-0.2, -0.15) is 5.26 Å². The van der Waals surface area contributed by atoms with E-state index in [0.29, 0.717) is 18.4 Å². The Hall–Kier alpha value is -1.89. The van der Waals surface area contributed by atoms with Gasteiger partial charge in [-0.1, -0.05) is 6.07 Å². The van der Waals surface area contributed by atoms with Crippen LogP contribution in [0, 0.1) is 22.6 Å². The fourth-order valence-electron chi connectivity index (χ4n) is 2.44. The second-order valence-corrected chi connectivity index (χ2v) is 4.62. The Morgan fingerprint density at radius 3 is 2.83 bits per heavy atom. The highest BCUT2D eigenvalue weighted by Crippen LogP contribution is 2.37. The number of carbonyl (C=O) groups excluding carboxylic acids is 1. The first-order chi connectivity index (χ1) is 8.61. The van der Waals surface area contributed by atoms with E-state index < -0.39 is 11.2 Å². The highest BCUT2D eigenvalue weighted by molar-refractivity contribution is 5.89. The van der Waals surface area contributed by atoms with Crippen molar-refractivity contribution in [3.63, 3.8) is 0 Å². The number of Topliss-reactive ketones (excluding diaryl/α,β-unsaturated/α-hetero) is 1. The predicted molar refractivity (Wildman–Crippen MR) is 63.6 cm³/mol. The Kier molecular flexibility index (Phi) is 3.33. The number of nitrogens with zero attached hydrogens (tertiary/aromatic N) is 1. The molecular weight excluding hydrogens is 233 g/mol. The van der Waals surface area contributed by atoms with E-state index in [1.165, 1.54) is 19.2 Å². The molecule has 0 heterocycles. The molecule has 3 nitrogen and oxygen atoms in total. The quantitative estimate of drug-likeness (QED) is 0.825. The van der Waals surface area contributed by atoms with Crippen LogP contribution in [0.4, 0.5) is 4.39 Å². The Labute approximate surface area is 105 Å². The van der Waals surface area contributed by atoms with Crippen LogP contribution in [-0.2, 0) is 11.2 Å². The number of nitriles is 1. The first-order valence-electron chi connectivity index (χ1n) is 5.88. The van der Waals surface area contributed by atoms with Crippen molar-refractivity contribution in [2.75, 3.05) is 7.11 Å². The van der Waals surface area contributed by atoms with Gasteiger partial charge in [0, 0.05) is 6.42 Å². The molecule has 1 aliphatic carbocycles. The van der Waals surface area contributed by atoms with Crippen molar-refractivity contribution in [3.8, 4) is 11.8 Å². The fraction of sp³-hybridized carbons (Fsp3) is 0.429. The van der Waals surface area contributed by atoms with Crippen LogP contribution in [-0.4, -0.2) is 12.9 Å². The molecule has 1 aromatic carbocycles. The molecule has 0 saturated heterocycles. The molecule has 0 radical (unpaired) electrons. The van der Waals surface area contributed by atoms with Crippen LogP contribution in [0.3, 0.4) is 0 Å². The van der Waals surface area contributed by atoms with Gasteiger partial charge in [0.2, 0.25) is 0 Å². The van der Waals surface area contributed by atoms with Crippen molar-refractivity contribution < 1.29 is 13.9 Å². The first kappa shape index (κ1) is 12.6. The Balaban J connectivity index is 2.26. The molecular formula is C14H14FNO2. The number of rotatable bonds is 3. The van der Waals surface area contributed by atoms with Crippen LogP contribution in [0.15, 0.2) is 18.2 Å². The lowest BCUT2D eigenvalue weighted by Gasteiger charge is -2.18. The summed E-state index contributed by atoms with van der Waals surface area (Å²) in [4.78, 5) is 11.8. The lowest BCUT2D eigenvalue weighted by Crippen LogP contribution is -2.26. The van der Waals surface area contributed by atoms with Gasteiger partial charge < -0.3 is 4.74 Å². The summed E-state index contributed by atoms with van der Waals surface area (Å²) in [6, 6.07) is 6.68. The van der Waals surface area contributed by atoms with Gasteiger partial charge in [0.15, 0.2) is 17.3 Å². The number of carbonyl (C=O) groups is 1. The van der Waals surface area contributed by atoms with Crippen LogP contribution in [0.1, 0.15) is 24.8 Å². The highest BCUT2D eigenvalue weighted by atomic mass is 19.1. The molecule has 0 aliphatic heterocycles. The Bertz CT molecular complexity index is 521. The van der Waals surface area contributed by atoms with Gasteiger partial charge >= 0.3 is 0 Å². The molecule has 18 heavy (non-hydrogen) atoms. The molecule has 1 aromatic rings. The van der Waals surface area contributed by atoms with E-state index >= 15 is 0 Å². The summed E-state index contributed by atoms with van der Waals surface area (Å²) in [5.41, 5.74) is -0.300. The lowest BCUT2D eigenvalue weighted by molar-refractivity contribution is -0.123. The lowest BCUT2D eigenvalue weighted by atomic mass is 9.81. The zero-order valence-corrected chi connectivity index (χ0v) is 10.2. The van der Waals surface area contributed by atoms with E-state index in [2.05, 4.69) is 6.07 Å². The standard InChI is InChI=1S/C14H14FNO2/c1-18-12-5-4-10(7-11(12)15)8-14(9-16)6-2-3-13(14)17/h4-5,7H,2-3,6,8H2,1H3. The van der Waals surface area contributed by atoms with Gasteiger partial charge in [-0.25, -0.2) is 4.39 Å². The van der Waals surface area contributed by atoms with Crippen molar-refractivity contribution in [2.24, 2.45) is 5.41 Å². The Morgan fingerprint density at radius 2 is 2.33 bits per heavy atom. The third-order valence-electron chi connectivity index (χ3n) is 3.48. The topological polar surface area (TPSA) is 50.1 Å². The summed E-state index contributed by atoms with van der Waals surface area (Å²) in [6.45, 7) is 0. The van der Waals surface area contributed by atoms with E-state index in [1.54, 1.807) is 6.07 Å². The monoisotopic (exact) mass is 247 g/mol. The smallest absolute Gasteiger partial charge is 0.165 e. The molecule has 0 amide bonds. The summed E-state index contributed by atoms with van der Waals surface area (Å²) < 4.78 is 18.4. The molecule has 94 valence electrons. The average Bonchev–Trinajstić information content (AvgIpc) is 2.72. The number of hydrogen-bond donors (Lipinski definition) is 0. The summed E-state index contributed by atoms with van der Waals surface area (Å²) in [5.74, 6) is -0.322. The zero-order chi connectivity index (χ0) is 13.2. The molecule has 2 rings (SSSR count). The minimum Gasteiger partial charge on any atom is -0.494 e. The minimum atomic E-state index is -0.957. The highest BCUT2D eigenvalue weighted by Gasteiger charge is 2.42. The maximum atomic E-state index is 13.6. The molecule has 0 aromatic heterocycles. The van der Waals surface area contributed by atoms with Crippen LogP contribution in [0.5, 0.6) is 5.75 Å². The van der Waals surface area contributed by atoms with Gasteiger partial charge in [-0.3, -0.25) is 4.79 Å². The average molecular weight is 247 g/mol. The van der Waals surface area contributed by atoms with Crippen molar-refractivity contribution in [1.29, 1.82) is 5.26 Å². The molecule has 0 N–H and O–H groups in total. The number of ether oxygens (including phenoxy) is 1. The molecule has 1 unspecified atom stereocenters. The molecule has 4 heteroatoms. The summed E-state index contributed by atoms with van der Waals surface area (Å²) in [7, 11) is 1.40. The van der Waals surface area contributed by atoms with Crippen molar-refractivity contribution in [1.82, 2.24) is 0 Å². The van der Waals surface area contributed by atoms with Gasteiger partial charge in [0.05, 0.1) is 13.2 Å². The molecule has 0 spiro atoms. The van der Waals surface area contributed by atoms with Crippen LogP contribution in [0.25, 0.3) is 0 Å².